The van der Waals surface area contributed by atoms with E-state index in [4.69, 9.17) is 19.2 Å². The highest BCUT2D eigenvalue weighted by molar-refractivity contribution is 5.69. The van der Waals surface area contributed by atoms with Crippen LogP contribution in [0.5, 0.6) is 11.5 Å². The number of anilines is 3. The first-order chi connectivity index (χ1) is 14.2. The van der Waals surface area contributed by atoms with Gasteiger partial charge in [0.15, 0.2) is 5.82 Å². The van der Waals surface area contributed by atoms with Crippen molar-refractivity contribution in [3.05, 3.63) is 54.6 Å². The molecule has 2 N–H and O–H groups in total. The third kappa shape index (κ3) is 5.58. The number of hydrogen-bond donors (Lipinski definition) is 2. The van der Waals surface area contributed by atoms with E-state index in [1.54, 1.807) is 21.3 Å². The van der Waals surface area contributed by atoms with E-state index in [1.807, 2.05) is 54.6 Å². The molecular formula is C22H26N4O3. The molecular weight excluding hydrogens is 368 g/mol. The minimum Gasteiger partial charge on any atom is -0.497 e. The van der Waals surface area contributed by atoms with Crippen molar-refractivity contribution < 1.29 is 14.2 Å². The molecule has 0 fully saturated rings. The zero-order valence-electron chi connectivity index (χ0n) is 16.9. The van der Waals surface area contributed by atoms with Gasteiger partial charge in [0.2, 0.25) is 0 Å². The van der Waals surface area contributed by atoms with E-state index in [0.717, 1.165) is 35.8 Å². The summed E-state index contributed by atoms with van der Waals surface area (Å²) in [4.78, 5) is 9.35. The van der Waals surface area contributed by atoms with Crippen LogP contribution < -0.4 is 20.1 Å². The summed E-state index contributed by atoms with van der Waals surface area (Å²) >= 11 is 0. The van der Waals surface area contributed by atoms with E-state index in [9.17, 15) is 0 Å². The number of methoxy groups -OCH3 is 3. The third-order valence-electron chi connectivity index (χ3n) is 4.26. The fourth-order valence-corrected chi connectivity index (χ4v) is 2.80. The van der Waals surface area contributed by atoms with Crippen LogP contribution in [0.15, 0.2) is 54.6 Å². The Bertz CT molecular complexity index is 919. The molecule has 3 aromatic rings. The van der Waals surface area contributed by atoms with E-state index in [2.05, 4.69) is 15.6 Å². The Labute approximate surface area is 171 Å². The van der Waals surface area contributed by atoms with E-state index in [-0.39, 0.29) is 0 Å². The van der Waals surface area contributed by atoms with Gasteiger partial charge < -0.3 is 24.8 Å². The van der Waals surface area contributed by atoms with Crippen LogP contribution in [0.1, 0.15) is 6.42 Å². The second-order valence-electron chi connectivity index (χ2n) is 6.29. The minimum absolute atomic E-state index is 0.631. The van der Waals surface area contributed by atoms with Crippen molar-refractivity contribution in [2.24, 2.45) is 0 Å². The van der Waals surface area contributed by atoms with Gasteiger partial charge in [-0.2, -0.15) is 0 Å². The molecule has 0 aliphatic carbocycles. The summed E-state index contributed by atoms with van der Waals surface area (Å²) in [5.74, 6) is 3.44. The lowest BCUT2D eigenvalue weighted by Crippen LogP contribution is -2.08. The van der Waals surface area contributed by atoms with Gasteiger partial charge in [-0.3, -0.25) is 0 Å². The lowest BCUT2D eigenvalue weighted by molar-refractivity contribution is 0.198. The Morgan fingerprint density at radius 2 is 1.66 bits per heavy atom. The molecule has 0 unspecified atom stereocenters. The molecule has 152 valence electrons. The molecule has 2 aromatic carbocycles. The SMILES string of the molecule is COCCCNc1cc(Nc2cc(OC)ccc2OC)nc(-c2ccccc2)n1. The van der Waals surface area contributed by atoms with Crippen molar-refractivity contribution in [3.63, 3.8) is 0 Å². The van der Waals surface area contributed by atoms with Crippen LogP contribution in [0.2, 0.25) is 0 Å². The van der Waals surface area contributed by atoms with Crippen molar-refractivity contribution >= 4 is 17.3 Å². The second-order valence-corrected chi connectivity index (χ2v) is 6.29. The maximum absolute atomic E-state index is 5.46. The maximum Gasteiger partial charge on any atom is 0.163 e. The summed E-state index contributed by atoms with van der Waals surface area (Å²) in [6.45, 7) is 1.44. The molecule has 0 saturated carbocycles. The smallest absolute Gasteiger partial charge is 0.163 e. The van der Waals surface area contributed by atoms with Gasteiger partial charge in [0.25, 0.3) is 0 Å². The molecule has 0 aliphatic heterocycles. The molecule has 1 aromatic heterocycles. The van der Waals surface area contributed by atoms with Crippen LogP contribution in [0.4, 0.5) is 17.3 Å². The van der Waals surface area contributed by atoms with E-state index in [0.29, 0.717) is 24.0 Å². The van der Waals surface area contributed by atoms with Crippen molar-refractivity contribution in [1.29, 1.82) is 0 Å². The lowest BCUT2D eigenvalue weighted by atomic mass is 10.2. The summed E-state index contributed by atoms with van der Waals surface area (Å²) < 4.78 is 15.9. The minimum atomic E-state index is 0.631. The van der Waals surface area contributed by atoms with Gasteiger partial charge >= 0.3 is 0 Å². The highest BCUT2D eigenvalue weighted by Gasteiger charge is 2.10. The number of nitrogens with one attached hydrogen (secondary N) is 2. The monoisotopic (exact) mass is 394 g/mol. The fourth-order valence-electron chi connectivity index (χ4n) is 2.80. The van der Waals surface area contributed by atoms with Gasteiger partial charge in [0.05, 0.1) is 19.9 Å². The van der Waals surface area contributed by atoms with Crippen LogP contribution in [-0.2, 0) is 4.74 Å². The summed E-state index contributed by atoms with van der Waals surface area (Å²) in [6, 6.07) is 17.3. The first-order valence-corrected chi connectivity index (χ1v) is 9.40. The summed E-state index contributed by atoms with van der Waals surface area (Å²) in [5.41, 5.74) is 1.70. The van der Waals surface area contributed by atoms with E-state index in [1.165, 1.54) is 0 Å². The Hall–Kier alpha value is -3.32. The van der Waals surface area contributed by atoms with Crippen LogP contribution in [0.3, 0.4) is 0 Å². The standard InChI is InChI=1S/C22H26N4O3/c1-27-13-7-12-23-20-15-21(26-22(25-20)16-8-5-4-6-9-16)24-18-14-17(28-2)10-11-19(18)29-3/h4-6,8-11,14-15H,7,12-13H2,1-3H3,(H2,23,24,25,26). The quantitative estimate of drug-likeness (QED) is 0.495. The molecule has 29 heavy (non-hydrogen) atoms. The molecule has 0 aliphatic rings. The molecule has 0 bridgehead atoms. The van der Waals surface area contributed by atoms with Gasteiger partial charge in [-0.25, -0.2) is 9.97 Å². The topological polar surface area (TPSA) is 77.5 Å². The van der Waals surface area contributed by atoms with E-state index < -0.39 is 0 Å². The second kappa shape index (κ2) is 10.3. The predicted octanol–water partition coefficient (Wildman–Crippen LogP) is 4.35. The van der Waals surface area contributed by atoms with Crippen molar-refractivity contribution in [2.45, 2.75) is 6.42 Å². The Kier molecular flexibility index (Phi) is 7.24. The lowest BCUT2D eigenvalue weighted by Gasteiger charge is -2.14. The van der Waals surface area contributed by atoms with Crippen LogP contribution in [0.25, 0.3) is 11.4 Å². The average Bonchev–Trinajstić information content (AvgIpc) is 2.77. The van der Waals surface area contributed by atoms with E-state index >= 15 is 0 Å². The largest absolute Gasteiger partial charge is 0.497 e. The molecule has 0 amide bonds. The summed E-state index contributed by atoms with van der Waals surface area (Å²) in [6.07, 6.45) is 0.883. The molecule has 0 spiro atoms. The Morgan fingerprint density at radius 1 is 0.862 bits per heavy atom. The first kappa shape index (κ1) is 20.4. The van der Waals surface area contributed by atoms with Gasteiger partial charge in [0, 0.05) is 38.0 Å². The van der Waals surface area contributed by atoms with Crippen LogP contribution in [0, 0.1) is 0 Å². The molecule has 3 rings (SSSR count). The maximum atomic E-state index is 5.46. The molecule has 0 radical (unpaired) electrons. The number of ether oxygens (including phenoxy) is 3. The average molecular weight is 394 g/mol. The molecule has 1 heterocycles. The number of aromatic nitrogens is 2. The number of hydrogen-bond acceptors (Lipinski definition) is 7. The van der Waals surface area contributed by atoms with Crippen molar-refractivity contribution in [3.8, 4) is 22.9 Å². The van der Waals surface area contributed by atoms with Gasteiger partial charge in [0.1, 0.15) is 23.1 Å². The highest BCUT2D eigenvalue weighted by atomic mass is 16.5. The third-order valence-corrected chi connectivity index (χ3v) is 4.26. The molecule has 7 nitrogen and oxygen atoms in total. The number of nitrogens with zero attached hydrogens (tertiary/aromatic N) is 2. The fraction of sp³-hybridized carbons (Fsp3) is 0.273. The first-order valence-electron chi connectivity index (χ1n) is 9.40. The Morgan fingerprint density at radius 3 is 2.38 bits per heavy atom. The molecule has 7 heteroatoms. The zero-order valence-corrected chi connectivity index (χ0v) is 16.9. The van der Waals surface area contributed by atoms with Gasteiger partial charge in [-0.15, -0.1) is 0 Å². The van der Waals surface area contributed by atoms with Crippen LogP contribution in [-0.4, -0.2) is 44.4 Å². The molecule has 0 atom stereocenters. The molecule has 0 saturated heterocycles. The van der Waals surface area contributed by atoms with Gasteiger partial charge in [-0.1, -0.05) is 30.3 Å². The predicted molar refractivity (Wildman–Crippen MR) is 115 cm³/mol. The Balaban J connectivity index is 1.92. The zero-order chi connectivity index (χ0) is 20.5. The van der Waals surface area contributed by atoms with Crippen molar-refractivity contribution in [1.82, 2.24) is 9.97 Å². The number of benzene rings is 2. The highest BCUT2D eigenvalue weighted by Crippen LogP contribution is 2.32. The van der Waals surface area contributed by atoms with Crippen LogP contribution >= 0.6 is 0 Å². The summed E-state index contributed by atoms with van der Waals surface area (Å²) in [5, 5.41) is 6.67. The number of rotatable bonds is 10. The van der Waals surface area contributed by atoms with Gasteiger partial charge in [-0.05, 0) is 18.6 Å². The normalized spacial score (nSPS) is 10.4. The van der Waals surface area contributed by atoms with Crippen molar-refractivity contribution in [2.75, 3.05) is 45.1 Å². The summed E-state index contributed by atoms with van der Waals surface area (Å²) in [7, 11) is 4.96.